The maximum Gasteiger partial charge on any atom is 0.108 e. The van der Waals surface area contributed by atoms with Crippen molar-refractivity contribution in [2.75, 3.05) is 6.67 Å². The van der Waals surface area contributed by atoms with Crippen LogP contribution in [0.15, 0.2) is 36.0 Å². The van der Waals surface area contributed by atoms with E-state index in [-0.39, 0.29) is 6.67 Å². The molecule has 0 heterocycles. The van der Waals surface area contributed by atoms with Gasteiger partial charge in [-0.15, -0.1) is 0 Å². The molecule has 0 radical (unpaired) electrons. The van der Waals surface area contributed by atoms with E-state index in [0.717, 1.165) is 12.0 Å². The van der Waals surface area contributed by atoms with E-state index in [1.54, 1.807) is 6.08 Å². The van der Waals surface area contributed by atoms with Gasteiger partial charge in [0, 0.05) is 0 Å². The minimum Gasteiger partial charge on any atom is -0.247 e. The van der Waals surface area contributed by atoms with E-state index in [2.05, 4.69) is 13.0 Å². The van der Waals surface area contributed by atoms with Crippen LogP contribution in [0.2, 0.25) is 0 Å². The summed E-state index contributed by atoms with van der Waals surface area (Å²) in [6.07, 6.45) is 11.8. The summed E-state index contributed by atoms with van der Waals surface area (Å²) < 4.78 is 11.7. The number of hydrogen-bond donors (Lipinski definition) is 0. The van der Waals surface area contributed by atoms with Crippen molar-refractivity contribution >= 4 is 0 Å². The lowest BCUT2D eigenvalue weighted by Gasteiger charge is -1.86. The number of rotatable bonds is 5. The number of hydrogen-bond acceptors (Lipinski definition) is 0. The molecule has 0 aromatic heterocycles. The van der Waals surface area contributed by atoms with E-state index < -0.39 is 0 Å². The fraction of sp³-hybridized carbons (Fsp3) is 0.455. The van der Waals surface area contributed by atoms with Crippen LogP contribution in [0.1, 0.15) is 26.7 Å². The standard InChI is InChI=1S/C11H17F/c1-3-4-5-6-7-8-11(2)9-10-12/h5-9H,3-4,10H2,1-2H3/b6-5-,8-7+,11-9+. The third-order valence-electron chi connectivity index (χ3n) is 1.46. The van der Waals surface area contributed by atoms with Crippen LogP contribution in [0.5, 0.6) is 0 Å². The van der Waals surface area contributed by atoms with Gasteiger partial charge in [0.2, 0.25) is 0 Å². The molecule has 0 spiro atoms. The van der Waals surface area contributed by atoms with E-state index in [0.29, 0.717) is 0 Å². The summed E-state index contributed by atoms with van der Waals surface area (Å²) in [5.41, 5.74) is 0.971. The third-order valence-corrected chi connectivity index (χ3v) is 1.46. The van der Waals surface area contributed by atoms with Gasteiger partial charge in [0.15, 0.2) is 0 Å². The molecule has 0 aliphatic heterocycles. The van der Waals surface area contributed by atoms with Crippen LogP contribution in [0.4, 0.5) is 4.39 Å². The molecule has 68 valence electrons. The van der Waals surface area contributed by atoms with Gasteiger partial charge >= 0.3 is 0 Å². The second kappa shape index (κ2) is 8.25. The van der Waals surface area contributed by atoms with Crippen LogP contribution in [0.25, 0.3) is 0 Å². The highest BCUT2D eigenvalue weighted by atomic mass is 19.1. The minimum absolute atomic E-state index is 0.380. The zero-order valence-electron chi connectivity index (χ0n) is 7.89. The molecule has 0 aromatic rings. The molecule has 0 aliphatic carbocycles. The molecule has 0 saturated carbocycles. The maximum atomic E-state index is 11.7. The fourth-order valence-corrected chi connectivity index (χ4v) is 0.739. The summed E-state index contributed by atoms with van der Waals surface area (Å²) in [5, 5.41) is 0. The first-order valence-corrected chi connectivity index (χ1v) is 4.37. The number of allylic oxidation sites excluding steroid dienone is 6. The van der Waals surface area contributed by atoms with Crippen molar-refractivity contribution in [1.82, 2.24) is 0 Å². The number of halogens is 1. The molecule has 0 atom stereocenters. The van der Waals surface area contributed by atoms with Crippen LogP contribution < -0.4 is 0 Å². The smallest absolute Gasteiger partial charge is 0.108 e. The van der Waals surface area contributed by atoms with Crippen molar-refractivity contribution in [2.45, 2.75) is 26.7 Å². The fourth-order valence-electron chi connectivity index (χ4n) is 0.739. The molecule has 0 bridgehead atoms. The van der Waals surface area contributed by atoms with Crippen molar-refractivity contribution in [3.63, 3.8) is 0 Å². The highest BCUT2D eigenvalue weighted by Crippen LogP contribution is 1.96. The van der Waals surface area contributed by atoms with Crippen molar-refractivity contribution < 1.29 is 4.39 Å². The molecule has 0 aliphatic rings. The van der Waals surface area contributed by atoms with Crippen LogP contribution in [-0.4, -0.2) is 6.67 Å². The predicted molar refractivity (Wildman–Crippen MR) is 52.9 cm³/mol. The van der Waals surface area contributed by atoms with E-state index >= 15 is 0 Å². The van der Waals surface area contributed by atoms with E-state index in [1.807, 2.05) is 25.2 Å². The zero-order chi connectivity index (χ0) is 9.23. The van der Waals surface area contributed by atoms with Crippen LogP contribution in [0, 0.1) is 0 Å². The molecule has 0 aromatic carbocycles. The summed E-state index contributed by atoms with van der Waals surface area (Å²) in [5.74, 6) is 0. The third kappa shape index (κ3) is 7.26. The van der Waals surface area contributed by atoms with Gasteiger partial charge < -0.3 is 0 Å². The topological polar surface area (TPSA) is 0 Å². The normalized spacial score (nSPS) is 13.4. The van der Waals surface area contributed by atoms with Gasteiger partial charge in [-0.3, -0.25) is 0 Å². The Bertz CT molecular complexity index is 175. The summed E-state index contributed by atoms with van der Waals surface area (Å²) in [7, 11) is 0. The van der Waals surface area contributed by atoms with Gasteiger partial charge in [0.1, 0.15) is 6.67 Å². The van der Waals surface area contributed by atoms with Gasteiger partial charge in [-0.25, -0.2) is 4.39 Å². The van der Waals surface area contributed by atoms with E-state index in [9.17, 15) is 4.39 Å². The van der Waals surface area contributed by atoms with Gasteiger partial charge in [-0.1, -0.05) is 49.3 Å². The van der Waals surface area contributed by atoms with Gasteiger partial charge in [-0.05, 0) is 13.3 Å². The SMILES string of the molecule is CCC\C=C/C=C/C(C)=C/CF. The monoisotopic (exact) mass is 168 g/mol. The lowest BCUT2D eigenvalue weighted by molar-refractivity contribution is 0.560. The highest BCUT2D eigenvalue weighted by molar-refractivity contribution is 5.19. The van der Waals surface area contributed by atoms with Crippen molar-refractivity contribution in [2.24, 2.45) is 0 Å². The Hall–Kier alpha value is -0.850. The first-order valence-electron chi connectivity index (χ1n) is 4.37. The largest absolute Gasteiger partial charge is 0.247 e. The lowest BCUT2D eigenvalue weighted by atomic mass is 10.2. The Labute approximate surface area is 74.5 Å². The first kappa shape index (κ1) is 11.2. The van der Waals surface area contributed by atoms with E-state index in [4.69, 9.17) is 0 Å². The maximum absolute atomic E-state index is 11.7. The molecular formula is C11H17F. The average Bonchev–Trinajstić information content (AvgIpc) is 2.05. The molecule has 0 unspecified atom stereocenters. The van der Waals surface area contributed by atoms with Gasteiger partial charge in [0.25, 0.3) is 0 Å². The number of unbranched alkanes of at least 4 members (excludes halogenated alkanes) is 1. The van der Waals surface area contributed by atoms with Crippen LogP contribution in [-0.2, 0) is 0 Å². The predicted octanol–water partition coefficient (Wildman–Crippen LogP) is 3.81. The quantitative estimate of drug-likeness (QED) is 0.547. The summed E-state index contributed by atoms with van der Waals surface area (Å²) in [4.78, 5) is 0. The molecular weight excluding hydrogens is 151 g/mol. The molecule has 0 saturated heterocycles. The Morgan fingerprint density at radius 2 is 2.08 bits per heavy atom. The van der Waals surface area contributed by atoms with Gasteiger partial charge in [-0.2, -0.15) is 0 Å². The molecule has 0 nitrogen and oxygen atoms in total. The molecule has 1 heteroatoms. The minimum atomic E-state index is -0.380. The first-order chi connectivity index (χ1) is 5.81. The van der Waals surface area contributed by atoms with Crippen molar-refractivity contribution in [3.8, 4) is 0 Å². The van der Waals surface area contributed by atoms with Gasteiger partial charge in [0.05, 0.1) is 0 Å². The lowest BCUT2D eigenvalue weighted by Crippen LogP contribution is -1.69. The average molecular weight is 168 g/mol. The van der Waals surface area contributed by atoms with Crippen LogP contribution in [0.3, 0.4) is 0 Å². The number of alkyl halides is 1. The molecule has 0 fully saturated rings. The second-order valence-corrected chi connectivity index (χ2v) is 2.68. The summed E-state index contributed by atoms with van der Waals surface area (Å²) >= 11 is 0. The van der Waals surface area contributed by atoms with Crippen molar-refractivity contribution in [3.05, 3.63) is 36.0 Å². The summed E-state index contributed by atoms with van der Waals surface area (Å²) in [6.45, 7) is 3.65. The molecule has 0 amide bonds. The van der Waals surface area contributed by atoms with E-state index in [1.165, 1.54) is 6.42 Å². The van der Waals surface area contributed by atoms with Crippen molar-refractivity contribution in [1.29, 1.82) is 0 Å². The zero-order valence-corrected chi connectivity index (χ0v) is 7.89. The molecule has 12 heavy (non-hydrogen) atoms. The molecule has 0 rings (SSSR count). The summed E-state index contributed by atoms with van der Waals surface area (Å²) in [6, 6.07) is 0. The Kier molecular flexibility index (Phi) is 7.66. The highest BCUT2D eigenvalue weighted by Gasteiger charge is 1.77. The Balaban J connectivity index is 3.67. The Morgan fingerprint density at radius 3 is 2.67 bits per heavy atom. The second-order valence-electron chi connectivity index (χ2n) is 2.68. The Morgan fingerprint density at radius 1 is 1.33 bits per heavy atom. The van der Waals surface area contributed by atoms with Crippen LogP contribution >= 0.6 is 0 Å². The molecule has 0 N–H and O–H groups in total.